The lowest BCUT2D eigenvalue weighted by molar-refractivity contribution is -0.142. The average Bonchev–Trinajstić information content (AvgIpc) is 2.59. The topological polar surface area (TPSA) is 108 Å². The van der Waals surface area contributed by atoms with Crippen molar-refractivity contribution in [1.29, 1.82) is 0 Å². The van der Waals surface area contributed by atoms with Crippen LogP contribution in [0, 0.1) is 11.8 Å². The van der Waals surface area contributed by atoms with Gasteiger partial charge >= 0.3 is 12.0 Å². The summed E-state index contributed by atoms with van der Waals surface area (Å²) in [5, 5.41) is 17.7. The molecule has 2 aliphatic rings. The van der Waals surface area contributed by atoms with Crippen LogP contribution in [0.3, 0.4) is 0 Å². The van der Waals surface area contributed by atoms with E-state index in [-0.39, 0.29) is 29.8 Å². The highest BCUT2D eigenvalue weighted by atomic mass is 16.4. The van der Waals surface area contributed by atoms with Crippen molar-refractivity contribution >= 4 is 23.6 Å². The Morgan fingerprint density at radius 1 is 1.00 bits per heavy atom. The third-order valence-corrected chi connectivity index (χ3v) is 5.54. The Kier molecular flexibility index (Phi) is 6.32. The van der Waals surface area contributed by atoms with Crippen LogP contribution < -0.4 is 16.0 Å². The third-order valence-electron chi connectivity index (χ3n) is 5.54. The number of anilines is 1. The second-order valence-corrected chi connectivity index (χ2v) is 7.53. The molecule has 146 valence electrons. The number of hydrogen-bond acceptors (Lipinski definition) is 3. The first-order valence-electron chi connectivity index (χ1n) is 9.68. The van der Waals surface area contributed by atoms with Gasteiger partial charge in [0.15, 0.2) is 0 Å². The van der Waals surface area contributed by atoms with Crippen molar-refractivity contribution in [1.82, 2.24) is 10.6 Å². The average molecular weight is 373 g/mol. The van der Waals surface area contributed by atoms with Gasteiger partial charge in [-0.3, -0.25) is 9.59 Å². The molecule has 0 atom stereocenters. The molecule has 0 spiro atoms. The SMILES string of the molecule is O=C(NCc1cccc(NC(=O)C2CCC2)c1)NC1CCC(C(=O)O)CC1. The molecule has 0 heterocycles. The molecule has 0 saturated heterocycles. The van der Waals surface area contributed by atoms with Gasteiger partial charge in [-0.25, -0.2) is 4.79 Å². The zero-order valence-electron chi connectivity index (χ0n) is 15.4. The number of carboxylic acids is 1. The normalized spacial score (nSPS) is 22.4. The summed E-state index contributed by atoms with van der Waals surface area (Å²) < 4.78 is 0. The smallest absolute Gasteiger partial charge is 0.315 e. The van der Waals surface area contributed by atoms with Crippen LogP contribution in [-0.4, -0.2) is 29.1 Å². The van der Waals surface area contributed by atoms with Crippen LogP contribution in [0.25, 0.3) is 0 Å². The van der Waals surface area contributed by atoms with Gasteiger partial charge in [-0.2, -0.15) is 0 Å². The molecule has 0 bridgehead atoms. The number of benzene rings is 1. The number of rotatable bonds is 6. The molecule has 27 heavy (non-hydrogen) atoms. The molecule has 3 amide bonds. The maximum absolute atomic E-state index is 12.1. The molecule has 2 aliphatic carbocycles. The molecule has 3 rings (SSSR count). The van der Waals surface area contributed by atoms with Gasteiger partial charge in [-0.15, -0.1) is 0 Å². The number of aliphatic carboxylic acids is 1. The molecule has 0 aromatic heterocycles. The number of carbonyl (C=O) groups excluding carboxylic acids is 2. The van der Waals surface area contributed by atoms with Crippen molar-refractivity contribution in [3.63, 3.8) is 0 Å². The van der Waals surface area contributed by atoms with Crippen LogP contribution in [-0.2, 0) is 16.1 Å². The van der Waals surface area contributed by atoms with E-state index in [4.69, 9.17) is 5.11 Å². The van der Waals surface area contributed by atoms with Crippen LogP contribution in [0.1, 0.15) is 50.5 Å². The van der Waals surface area contributed by atoms with E-state index in [9.17, 15) is 14.4 Å². The molecule has 0 unspecified atom stereocenters. The number of hydrogen-bond donors (Lipinski definition) is 4. The first-order valence-corrected chi connectivity index (χ1v) is 9.68. The predicted octanol–water partition coefficient (Wildman–Crippen LogP) is 2.87. The Morgan fingerprint density at radius 3 is 2.37 bits per heavy atom. The van der Waals surface area contributed by atoms with Gasteiger partial charge in [0.25, 0.3) is 0 Å². The lowest BCUT2D eigenvalue weighted by Gasteiger charge is -2.26. The quantitative estimate of drug-likeness (QED) is 0.615. The van der Waals surface area contributed by atoms with E-state index < -0.39 is 5.97 Å². The molecule has 4 N–H and O–H groups in total. The second kappa shape index (κ2) is 8.88. The van der Waals surface area contributed by atoms with E-state index in [2.05, 4.69) is 16.0 Å². The summed E-state index contributed by atoms with van der Waals surface area (Å²) in [7, 11) is 0. The summed E-state index contributed by atoms with van der Waals surface area (Å²) in [6, 6.07) is 7.25. The minimum absolute atomic E-state index is 0.0219. The minimum Gasteiger partial charge on any atom is -0.481 e. The zero-order chi connectivity index (χ0) is 19.2. The van der Waals surface area contributed by atoms with Crippen molar-refractivity contribution in [3.8, 4) is 0 Å². The highest BCUT2D eigenvalue weighted by molar-refractivity contribution is 5.93. The first kappa shape index (κ1) is 19.2. The largest absolute Gasteiger partial charge is 0.481 e. The van der Waals surface area contributed by atoms with Crippen LogP contribution in [0.15, 0.2) is 24.3 Å². The number of carbonyl (C=O) groups is 3. The van der Waals surface area contributed by atoms with Crippen LogP contribution in [0.5, 0.6) is 0 Å². The van der Waals surface area contributed by atoms with Crippen LogP contribution in [0.4, 0.5) is 10.5 Å². The fourth-order valence-corrected chi connectivity index (χ4v) is 3.58. The van der Waals surface area contributed by atoms with Gasteiger partial charge < -0.3 is 21.1 Å². The molecular formula is C20H27N3O4. The summed E-state index contributed by atoms with van der Waals surface area (Å²) in [5.74, 6) is -0.832. The van der Waals surface area contributed by atoms with Crippen molar-refractivity contribution in [2.45, 2.75) is 57.5 Å². The molecule has 1 aromatic rings. The van der Waals surface area contributed by atoms with E-state index in [1.807, 2.05) is 24.3 Å². The summed E-state index contributed by atoms with van der Waals surface area (Å²) in [5.41, 5.74) is 1.66. The molecule has 1 aromatic carbocycles. The van der Waals surface area contributed by atoms with Crippen molar-refractivity contribution in [3.05, 3.63) is 29.8 Å². The lowest BCUT2D eigenvalue weighted by Crippen LogP contribution is -2.43. The summed E-state index contributed by atoms with van der Waals surface area (Å²) in [4.78, 5) is 35.1. The van der Waals surface area contributed by atoms with Gasteiger partial charge in [0, 0.05) is 24.2 Å². The molecule has 7 heteroatoms. The summed E-state index contributed by atoms with van der Waals surface area (Å²) in [6.45, 7) is 0.365. The molecule has 0 radical (unpaired) electrons. The van der Waals surface area contributed by atoms with E-state index in [0.29, 0.717) is 32.2 Å². The maximum Gasteiger partial charge on any atom is 0.315 e. The Balaban J connectivity index is 1.41. The highest BCUT2D eigenvalue weighted by Crippen LogP contribution is 2.27. The maximum atomic E-state index is 12.1. The van der Waals surface area contributed by atoms with E-state index in [0.717, 1.165) is 30.5 Å². The predicted molar refractivity (Wildman–Crippen MR) is 101 cm³/mol. The third kappa shape index (κ3) is 5.45. The van der Waals surface area contributed by atoms with Gasteiger partial charge in [0.1, 0.15) is 0 Å². The standard InChI is InChI=1S/C20H27N3O4/c24-18(14-4-2-5-14)22-17-6-1-3-13(11-17)12-21-20(27)23-16-9-7-15(8-10-16)19(25)26/h1,3,6,11,14-16H,2,4-5,7-10,12H2,(H,22,24)(H,25,26)(H2,21,23,27). The molecule has 2 fully saturated rings. The highest BCUT2D eigenvalue weighted by Gasteiger charge is 2.27. The zero-order valence-corrected chi connectivity index (χ0v) is 15.4. The number of nitrogens with one attached hydrogen (secondary N) is 3. The summed E-state index contributed by atoms with van der Waals surface area (Å²) in [6.07, 6.45) is 5.62. The number of amides is 3. The van der Waals surface area contributed by atoms with E-state index in [1.165, 1.54) is 0 Å². The minimum atomic E-state index is -0.748. The molecule has 7 nitrogen and oxygen atoms in total. The Hall–Kier alpha value is -2.57. The first-order chi connectivity index (χ1) is 13.0. The van der Waals surface area contributed by atoms with Gasteiger partial charge in [-0.05, 0) is 56.2 Å². The Bertz CT molecular complexity index is 694. The van der Waals surface area contributed by atoms with E-state index >= 15 is 0 Å². The fraction of sp³-hybridized carbons (Fsp3) is 0.550. The van der Waals surface area contributed by atoms with E-state index in [1.54, 1.807) is 0 Å². The number of carboxylic acid groups (broad SMARTS) is 1. The second-order valence-electron chi connectivity index (χ2n) is 7.53. The molecule has 2 saturated carbocycles. The van der Waals surface area contributed by atoms with Crippen molar-refractivity contribution < 1.29 is 19.5 Å². The van der Waals surface area contributed by atoms with Crippen molar-refractivity contribution in [2.75, 3.05) is 5.32 Å². The lowest BCUT2D eigenvalue weighted by atomic mass is 9.85. The van der Waals surface area contributed by atoms with Crippen LogP contribution >= 0.6 is 0 Å². The van der Waals surface area contributed by atoms with Gasteiger partial charge in [0.05, 0.1) is 5.92 Å². The van der Waals surface area contributed by atoms with Crippen molar-refractivity contribution in [2.24, 2.45) is 11.8 Å². The monoisotopic (exact) mass is 373 g/mol. The van der Waals surface area contributed by atoms with Gasteiger partial charge in [-0.1, -0.05) is 18.6 Å². The molecular weight excluding hydrogens is 346 g/mol. The fourth-order valence-electron chi connectivity index (χ4n) is 3.58. The summed E-state index contributed by atoms with van der Waals surface area (Å²) >= 11 is 0. The van der Waals surface area contributed by atoms with Gasteiger partial charge in [0.2, 0.25) is 5.91 Å². The molecule has 0 aliphatic heterocycles. The Morgan fingerprint density at radius 2 is 1.74 bits per heavy atom. The number of urea groups is 1. The Labute approximate surface area is 158 Å². The van der Waals surface area contributed by atoms with Crippen LogP contribution in [0.2, 0.25) is 0 Å².